The molecule has 0 aliphatic heterocycles. The third-order valence-electron chi connectivity index (χ3n) is 5.65. The number of H-pyrrole nitrogens is 1. The van der Waals surface area contributed by atoms with Crippen molar-refractivity contribution in [1.82, 2.24) is 15.3 Å². The van der Waals surface area contributed by atoms with Crippen LogP contribution in [0.3, 0.4) is 0 Å². The van der Waals surface area contributed by atoms with Crippen LogP contribution < -0.4 is 15.6 Å². The van der Waals surface area contributed by atoms with Gasteiger partial charge in [-0.1, -0.05) is 43.3 Å². The van der Waals surface area contributed by atoms with Crippen LogP contribution in [0, 0.1) is 5.82 Å². The first-order chi connectivity index (χ1) is 17.3. The number of rotatable bonds is 9. The number of carboxylic acid groups (broad SMARTS) is 1. The maximum atomic E-state index is 14.6. The Kier molecular flexibility index (Phi) is 7.39. The summed E-state index contributed by atoms with van der Waals surface area (Å²) >= 11 is 0. The van der Waals surface area contributed by atoms with Crippen molar-refractivity contribution in [3.05, 3.63) is 105 Å². The van der Waals surface area contributed by atoms with Crippen LogP contribution in [0.2, 0.25) is 0 Å². The van der Waals surface area contributed by atoms with E-state index in [0.717, 1.165) is 17.5 Å². The minimum Gasteiger partial charge on any atom is -0.489 e. The zero-order valence-corrected chi connectivity index (χ0v) is 19.5. The quantitative estimate of drug-likeness (QED) is 0.329. The number of halogens is 1. The van der Waals surface area contributed by atoms with Gasteiger partial charge in [0, 0.05) is 12.1 Å². The molecule has 4 rings (SSSR count). The Morgan fingerprint density at radius 3 is 2.53 bits per heavy atom. The Bertz CT molecular complexity index is 1480. The first kappa shape index (κ1) is 24.6. The van der Waals surface area contributed by atoms with Gasteiger partial charge in [-0.25, -0.2) is 9.37 Å². The Morgan fingerprint density at radius 2 is 1.81 bits per heavy atom. The maximum absolute atomic E-state index is 14.6. The van der Waals surface area contributed by atoms with Crippen LogP contribution in [-0.4, -0.2) is 27.0 Å². The number of hydrogen-bond donors (Lipinski definition) is 3. The Morgan fingerprint density at radius 1 is 1.06 bits per heavy atom. The Balaban J connectivity index is 1.52. The fourth-order valence-corrected chi connectivity index (χ4v) is 3.78. The third kappa shape index (κ3) is 5.75. The van der Waals surface area contributed by atoms with Crippen molar-refractivity contribution in [3.8, 4) is 5.75 Å². The van der Waals surface area contributed by atoms with Gasteiger partial charge >= 0.3 is 5.97 Å². The number of fused-ring (bicyclic) bond motifs is 1. The predicted octanol–water partition coefficient (Wildman–Crippen LogP) is 3.76. The minimum atomic E-state index is -0.952. The fraction of sp³-hybridized carbons (Fsp3) is 0.185. The lowest BCUT2D eigenvalue weighted by Crippen LogP contribution is -2.28. The van der Waals surface area contributed by atoms with Crippen molar-refractivity contribution >= 4 is 22.8 Å². The number of aryl methyl sites for hydroxylation is 1. The zero-order chi connectivity index (χ0) is 25.7. The molecule has 0 unspecified atom stereocenters. The molecule has 184 valence electrons. The molecule has 0 fully saturated rings. The summed E-state index contributed by atoms with van der Waals surface area (Å²) in [6, 6.07) is 16.6. The average molecular weight is 490 g/mol. The number of amides is 1. The van der Waals surface area contributed by atoms with Gasteiger partial charge in [-0.3, -0.25) is 14.4 Å². The van der Waals surface area contributed by atoms with E-state index in [0.29, 0.717) is 11.3 Å². The molecular weight excluding hydrogens is 465 g/mol. The van der Waals surface area contributed by atoms with Gasteiger partial charge in [0.1, 0.15) is 18.2 Å². The lowest BCUT2D eigenvalue weighted by Gasteiger charge is -2.11. The highest BCUT2D eigenvalue weighted by atomic mass is 19.1. The standard InChI is InChI=1S/C27H24FN3O5/c1-2-16-4-3-5-18(12-16)14-29-27(35)25-30-22-11-10-21(28)20(24(22)26(34)31-25)15-36-19-8-6-17(7-9-19)13-23(32)33/h3-12H,2,13-15H2,1H3,(H,29,35)(H,32,33)(H,30,31,34). The SMILES string of the molecule is CCc1cccc(CNC(=O)c2nc3ccc(F)c(COc4ccc(CC(=O)O)cc4)c3c(=O)[nH]2)c1. The summed E-state index contributed by atoms with van der Waals surface area (Å²) in [5, 5.41) is 11.6. The molecule has 0 aliphatic carbocycles. The zero-order valence-electron chi connectivity index (χ0n) is 19.5. The molecule has 8 nitrogen and oxygen atoms in total. The number of carboxylic acids is 1. The smallest absolute Gasteiger partial charge is 0.307 e. The molecule has 0 saturated heterocycles. The number of hydrogen-bond acceptors (Lipinski definition) is 5. The molecule has 0 radical (unpaired) electrons. The van der Waals surface area contributed by atoms with Gasteiger partial charge in [-0.15, -0.1) is 0 Å². The Labute approximate surface area is 205 Å². The highest BCUT2D eigenvalue weighted by Crippen LogP contribution is 2.21. The molecule has 36 heavy (non-hydrogen) atoms. The lowest BCUT2D eigenvalue weighted by molar-refractivity contribution is -0.136. The van der Waals surface area contributed by atoms with Gasteiger partial charge in [0.15, 0.2) is 5.82 Å². The number of aromatic nitrogens is 2. The van der Waals surface area contributed by atoms with Crippen LogP contribution in [0.25, 0.3) is 10.9 Å². The monoisotopic (exact) mass is 489 g/mol. The molecule has 3 aromatic carbocycles. The number of aliphatic carboxylic acids is 1. The van der Waals surface area contributed by atoms with E-state index in [2.05, 4.69) is 15.3 Å². The van der Waals surface area contributed by atoms with Crippen molar-refractivity contribution in [1.29, 1.82) is 0 Å². The van der Waals surface area contributed by atoms with Crippen LogP contribution in [0.4, 0.5) is 4.39 Å². The van der Waals surface area contributed by atoms with E-state index in [1.54, 1.807) is 24.3 Å². The summed E-state index contributed by atoms with van der Waals surface area (Å²) in [4.78, 5) is 43.0. The topological polar surface area (TPSA) is 121 Å². The second-order valence-corrected chi connectivity index (χ2v) is 8.19. The number of aromatic amines is 1. The molecule has 0 spiro atoms. The molecule has 1 aromatic heterocycles. The first-order valence-corrected chi connectivity index (χ1v) is 11.3. The second-order valence-electron chi connectivity index (χ2n) is 8.19. The van der Waals surface area contributed by atoms with Crippen molar-refractivity contribution in [3.63, 3.8) is 0 Å². The van der Waals surface area contributed by atoms with Gasteiger partial charge in [-0.2, -0.15) is 0 Å². The molecule has 0 bridgehead atoms. The molecule has 9 heteroatoms. The van der Waals surface area contributed by atoms with Gasteiger partial charge in [0.2, 0.25) is 0 Å². The molecule has 3 N–H and O–H groups in total. The molecule has 1 heterocycles. The van der Waals surface area contributed by atoms with Crippen molar-refractivity contribution in [2.75, 3.05) is 0 Å². The summed E-state index contributed by atoms with van der Waals surface area (Å²) in [6.07, 6.45) is 0.750. The summed E-state index contributed by atoms with van der Waals surface area (Å²) in [5.74, 6) is -1.95. The van der Waals surface area contributed by atoms with Gasteiger partial charge in [0.25, 0.3) is 11.5 Å². The van der Waals surface area contributed by atoms with Gasteiger partial charge in [-0.05, 0) is 47.4 Å². The van der Waals surface area contributed by atoms with Crippen molar-refractivity contribution in [2.45, 2.75) is 32.9 Å². The average Bonchev–Trinajstić information content (AvgIpc) is 2.87. The van der Waals surface area contributed by atoms with Gasteiger partial charge in [0.05, 0.1) is 17.3 Å². The predicted molar refractivity (Wildman–Crippen MR) is 131 cm³/mol. The molecule has 1 amide bonds. The molecular formula is C27H24FN3O5. The van der Waals surface area contributed by atoms with Crippen LogP contribution >= 0.6 is 0 Å². The lowest BCUT2D eigenvalue weighted by atomic mass is 10.1. The van der Waals surface area contributed by atoms with E-state index < -0.39 is 23.3 Å². The van der Waals surface area contributed by atoms with E-state index in [-0.39, 0.29) is 41.9 Å². The van der Waals surface area contributed by atoms with Crippen LogP contribution in [0.5, 0.6) is 5.75 Å². The summed E-state index contributed by atoms with van der Waals surface area (Å²) in [5.41, 5.74) is 2.16. The molecule has 4 aromatic rings. The molecule has 0 atom stereocenters. The fourth-order valence-electron chi connectivity index (χ4n) is 3.78. The molecule has 0 aliphatic rings. The largest absolute Gasteiger partial charge is 0.489 e. The van der Waals surface area contributed by atoms with E-state index in [4.69, 9.17) is 9.84 Å². The van der Waals surface area contributed by atoms with Crippen LogP contribution in [0.1, 0.15) is 39.8 Å². The maximum Gasteiger partial charge on any atom is 0.307 e. The van der Waals surface area contributed by atoms with E-state index >= 15 is 0 Å². The van der Waals surface area contributed by atoms with E-state index in [9.17, 15) is 18.8 Å². The number of benzene rings is 3. The number of carbonyl (C=O) groups excluding carboxylic acids is 1. The van der Waals surface area contributed by atoms with Crippen LogP contribution in [0.15, 0.2) is 65.5 Å². The number of carbonyl (C=O) groups is 2. The second kappa shape index (κ2) is 10.8. The van der Waals surface area contributed by atoms with Crippen molar-refractivity contribution < 1.29 is 23.8 Å². The number of ether oxygens (including phenoxy) is 1. The number of nitrogens with one attached hydrogen (secondary N) is 2. The highest BCUT2D eigenvalue weighted by molar-refractivity contribution is 5.93. The van der Waals surface area contributed by atoms with E-state index in [1.807, 2.05) is 31.2 Å². The van der Waals surface area contributed by atoms with Gasteiger partial charge < -0.3 is 20.1 Å². The summed E-state index contributed by atoms with van der Waals surface area (Å²) in [7, 11) is 0. The highest BCUT2D eigenvalue weighted by Gasteiger charge is 2.17. The number of nitrogens with zero attached hydrogens (tertiary/aromatic N) is 1. The third-order valence-corrected chi connectivity index (χ3v) is 5.65. The minimum absolute atomic E-state index is 0.000740. The first-order valence-electron chi connectivity index (χ1n) is 11.3. The summed E-state index contributed by atoms with van der Waals surface area (Å²) < 4.78 is 20.3. The van der Waals surface area contributed by atoms with Crippen LogP contribution in [-0.2, 0) is 30.8 Å². The summed E-state index contributed by atoms with van der Waals surface area (Å²) in [6.45, 7) is 2.05. The molecule has 0 saturated carbocycles. The normalized spacial score (nSPS) is 10.8. The van der Waals surface area contributed by atoms with E-state index in [1.165, 1.54) is 12.1 Å². The van der Waals surface area contributed by atoms with Crippen molar-refractivity contribution in [2.24, 2.45) is 0 Å². The Hall–Kier alpha value is -4.53.